The fourth-order valence-electron chi connectivity index (χ4n) is 2.01. The van der Waals surface area contributed by atoms with Crippen LogP contribution < -0.4 is 0 Å². The maximum Gasteiger partial charge on any atom is 0.253 e. The van der Waals surface area contributed by atoms with Gasteiger partial charge >= 0.3 is 0 Å². The molecule has 0 N–H and O–H groups in total. The van der Waals surface area contributed by atoms with Crippen molar-refractivity contribution in [2.45, 2.75) is 13.0 Å². The molecule has 0 bridgehead atoms. The van der Waals surface area contributed by atoms with Crippen LogP contribution in [0.4, 0.5) is 0 Å². The van der Waals surface area contributed by atoms with Gasteiger partial charge in [0.05, 0.1) is 12.5 Å². The zero-order valence-electron chi connectivity index (χ0n) is 11.4. The van der Waals surface area contributed by atoms with E-state index in [-0.39, 0.29) is 5.91 Å². The second-order valence-electron chi connectivity index (χ2n) is 4.68. The Morgan fingerprint density at radius 2 is 1.70 bits per heavy atom. The fraction of sp³-hybridized carbons (Fsp3) is 0.176. The van der Waals surface area contributed by atoms with Crippen LogP contribution in [0.25, 0.3) is 0 Å². The van der Waals surface area contributed by atoms with E-state index < -0.39 is 0 Å². The highest BCUT2D eigenvalue weighted by atomic mass is 16.2. The number of carbonyl (C=O) groups excluding carboxylic acids is 1. The van der Waals surface area contributed by atoms with Gasteiger partial charge in [-0.25, -0.2) is 0 Å². The Morgan fingerprint density at radius 1 is 1.05 bits per heavy atom. The first kappa shape index (κ1) is 13.8. The predicted octanol–water partition coefficient (Wildman–Crippen LogP) is 3.02. The lowest BCUT2D eigenvalue weighted by Crippen LogP contribution is -2.26. The molecule has 0 atom stereocenters. The van der Waals surface area contributed by atoms with Crippen LogP contribution in [-0.4, -0.2) is 17.9 Å². The first-order valence-electron chi connectivity index (χ1n) is 6.46. The summed E-state index contributed by atoms with van der Waals surface area (Å²) >= 11 is 0. The van der Waals surface area contributed by atoms with Gasteiger partial charge in [-0.05, 0) is 23.3 Å². The maximum absolute atomic E-state index is 12.3. The zero-order valence-corrected chi connectivity index (χ0v) is 11.4. The van der Waals surface area contributed by atoms with E-state index in [0.717, 1.165) is 11.1 Å². The van der Waals surface area contributed by atoms with E-state index in [4.69, 9.17) is 5.26 Å². The molecule has 0 radical (unpaired) electrons. The lowest BCUT2D eigenvalue weighted by atomic mass is 10.1. The van der Waals surface area contributed by atoms with Crippen LogP contribution in [0.5, 0.6) is 0 Å². The second kappa shape index (κ2) is 6.53. The van der Waals surface area contributed by atoms with Crippen molar-refractivity contribution in [3.8, 4) is 6.07 Å². The predicted molar refractivity (Wildman–Crippen MR) is 78.0 cm³/mol. The largest absolute Gasteiger partial charge is 0.337 e. The van der Waals surface area contributed by atoms with Gasteiger partial charge in [0.25, 0.3) is 5.91 Å². The summed E-state index contributed by atoms with van der Waals surface area (Å²) in [5.74, 6) is -0.0163. The molecule has 100 valence electrons. The molecule has 0 saturated carbocycles. The summed E-state index contributed by atoms with van der Waals surface area (Å²) in [6.07, 6.45) is 0.369. The highest BCUT2D eigenvalue weighted by molar-refractivity contribution is 5.94. The third-order valence-electron chi connectivity index (χ3n) is 3.09. The van der Waals surface area contributed by atoms with E-state index >= 15 is 0 Å². The minimum absolute atomic E-state index is 0.0163. The molecular formula is C17H16N2O. The van der Waals surface area contributed by atoms with Gasteiger partial charge in [0.2, 0.25) is 0 Å². The number of amides is 1. The average Bonchev–Trinajstić information content (AvgIpc) is 2.48. The molecule has 2 aromatic carbocycles. The van der Waals surface area contributed by atoms with Crippen molar-refractivity contribution in [2.75, 3.05) is 7.05 Å². The van der Waals surface area contributed by atoms with E-state index in [9.17, 15) is 4.79 Å². The second-order valence-corrected chi connectivity index (χ2v) is 4.68. The van der Waals surface area contributed by atoms with Gasteiger partial charge in [-0.15, -0.1) is 0 Å². The molecule has 20 heavy (non-hydrogen) atoms. The standard InChI is InChI=1S/C17H16N2O/c1-19(13-15-5-3-2-4-6-15)17(20)16-9-7-14(8-10-16)11-12-18/h2-10H,11,13H2,1H3. The lowest BCUT2D eigenvalue weighted by Gasteiger charge is -2.17. The lowest BCUT2D eigenvalue weighted by molar-refractivity contribution is 0.0785. The van der Waals surface area contributed by atoms with Crippen molar-refractivity contribution in [1.82, 2.24) is 4.90 Å². The molecule has 0 aliphatic carbocycles. The summed E-state index contributed by atoms with van der Waals surface area (Å²) < 4.78 is 0. The SMILES string of the molecule is CN(Cc1ccccc1)C(=O)c1ccc(CC#N)cc1. The molecule has 0 fully saturated rings. The van der Waals surface area contributed by atoms with E-state index in [1.165, 1.54) is 0 Å². The average molecular weight is 264 g/mol. The summed E-state index contributed by atoms with van der Waals surface area (Å²) in [5, 5.41) is 8.63. The molecule has 2 aromatic rings. The first-order valence-corrected chi connectivity index (χ1v) is 6.46. The van der Waals surface area contributed by atoms with Crippen molar-refractivity contribution in [3.63, 3.8) is 0 Å². The minimum atomic E-state index is -0.0163. The van der Waals surface area contributed by atoms with Crippen molar-refractivity contribution >= 4 is 5.91 Å². The van der Waals surface area contributed by atoms with Gasteiger partial charge in [0.15, 0.2) is 0 Å². The third kappa shape index (κ3) is 3.46. The molecule has 0 unspecified atom stereocenters. The Hall–Kier alpha value is -2.60. The number of hydrogen-bond acceptors (Lipinski definition) is 2. The number of carbonyl (C=O) groups is 1. The monoisotopic (exact) mass is 264 g/mol. The molecule has 0 spiro atoms. The molecule has 3 heteroatoms. The molecule has 1 amide bonds. The molecule has 0 aliphatic heterocycles. The summed E-state index contributed by atoms with van der Waals surface area (Å²) in [7, 11) is 1.79. The van der Waals surface area contributed by atoms with Gasteiger partial charge in [0.1, 0.15) is 0 Å². The Kier molecular flexibility index (Phi) is 4.52. The van der Waals surface area contributed by atoms with Crippen molar-refractivity contribution < 1.29 is 4.79 Å². The Bertz CT molecular complexity index is 612. The first-order chi connectivity index (χ1) is 9.70. The quantitative estimate of drug-likeness (QED) is 0.852. The van der Waals surface area contributed by atoms with Crippen LogP contribution in [0.3, 0.4) is 0 Å². The van der Waals surface area contributed by atoms with Gasteiger partial charge in [0, 0.05) is 19.2 Å². The van der Waals surface area contributed by atoms with Crippen molar-refractivity contribution in [1.29, 1.82) is 5.26 Å². The van der Waals surface area contributed by atoms with Gasteiger partial charge in [-0.2, -0.15) is 5.26 Å². The maximum atomic E-state index is 12.3. The number of benzene rings is 2. The minimum Gasteiger partial charge on any atom is -0.337 e. The van der Waals surface area contributed by atoms with Crippen LogP contribution in [0.2, 0.25) is 0 Å². The van der Waals surface area contributed by atoms with Gasteiger partial charge in [-0.3, -0.25) is 4.79 Å². The van der Waals surface area contributed by atoms with Crippen LogP contribution in [0, 0.1) is 11.3 Å². The topological polar surface area (TPSA) is 44.1 Å². The molecule has 0 aromatic heterocycles. The smallest absolute Gasteiger partial charge is 0.253 e. The van der Waals surface area contributed by atoms with Gasteiger partial charge < -0.3 is 4.90 Å². The Morgan fingerprint density at radius 3 is 2.30 bits per heavy atom. The number of nitriles is 1. The van der Waals surface area contributed by atoms with Crippen LogP contribution in [0.15, 0.2) is 54.6 Å². The summed E-state index contributed by atoms with van der Waals surface area (Å²) in [4.78, 5) is 14.0. The number of nitrogens with zero attached hydrogens (tertiary/aromatic N) is 2. The van der Waals surface area contributed by atoms with E-state index in [1.54, 1.807) is 24.1 Å². The Balaban J connectivity index is 2.05. The molecule has 0 saturated heterocycles. The molecule has 2 rings (SSSR count). The molecule has 0 aliphatic rings. The third-order valence-corrected chi connectivity index (χ3v) is 3.09. The van der Waals surface area contributed by atoms with Crippen LogP contribution in [-0.2, 0) is 13.0 Å². The zero-order chi connectivity index (χ0) is 14.4. The van der Waals surface area contributed by atoms with Crippen LogP contribution >= 0.6 is 0 Å². The van der Waals surface area contributed by atoms with Crippen LogP contribution in [0.1, 0.15) is 21.5 Å². The summed E-state index contributed by atoms with van der Waals surface area (Å²) in [6.45, 7) is 0.583. The van der Waals surface area contributed by atoms with E-state index in [0.29, 0.717) is 18.5 Å². The van der Waals surface area contributed by atoms with Gasteiger partial charge in [-0.1, -0.05) is 42.5 Å². The Labute approximate surface area is 119 Å². The van der Waals surface area contributed by atoms with Crippen molar-refractivity contribution in [2.24, 2.45) is 0 Å². The fourth-order valence-corrected chi connectivity index (χ4v) is 2.01. The normalized spacial score (nSPS) is 9.80. The molecule has 0 heterocycles. The van der Waals surface area contributed by atoms with E-state index in [2.05, 4.69) is 6.07 Å². The number of hydrogen-bond donors (Lipinski definition) is 0. The summed E-state index contributed by atoms with van der Waals surface area (Å²) in [5.41, 5.74) is 2.67. The summed E-state index contributed by atoms with van der Waals surface area (Å²) in [6, 6.07) is 19.2. The van der Waals surface area contributed by atoms with E-state index in [1.807, 2.05) is 42.5 Å². The highest BCUT2D eigenvalue weighted by Crippen LogP contribution is 2.10. The number of rotatable bonds is 4. The molecule has 3 nitrogen and oxygen atoms in total. The van der Waals surface area contributed by atoms with Crippen molar-refractivity contribution in [3.05, 3.63) is 71.3 Å². The highest BCUT2D eigenvalue weighted by Gasteiger charge is 2.11. The molecular weight excluding hydrogens is 248 g/mol.